The number of hydrogen-bond donors (Lipinski definition) is 1. The third-order valence-corrected chi connectivity index (χ3v) is 2.32. The van der Waals surface area contributed by atoms with Crippen molar-refractivity contribution in [1.29, 1.82) is 0 Å². The lowest BCUT2D eigenvalue weighted by Crippen LogP contribution is -2.19. The number of pyridine rings is 1. The molecule has 0 bridgehead atoms. The van der Waals surface area contributed by atoms with Gasteiger partial charge in [0.05, 0.1) is 11.2 Å². The maximum atomic E-state index is 11.9. The second kappa shape index (κ2) is 5.31. The van der Waals surface area contributed by atoms with Crippen LogP contribution in [-0.2, 0) is 4.74 Å². The molecule has 2 N–H and O–H groups in total. The average Bonchev–Trinajstić information content (AvgIpc) is 2.36. The molecule has 0 aliphatic carbocycles. The number of rotatable bonds is 4. The molecule has 0 fully saturated rings. The van der Waals surface area contributed by atoms with Gasteiger partial charge < -0.3 is 15.2 Å². The standard InChI is InChI=1S/C12H11F3N2O2/c13-12(14,15)6-18-7-19-10-4-3-9(16)11-8(10)2-1-5-17-11/h1-5H,6-7,16H2. The quantitative estimate of drug-likeness (QED) is 0.528. The number of ether oxygens (including phenoxy) is 2. The highest BCUT2D eigenvalue weighted by molar-refractivity contribution is 5.93. The van der Waals surface area contributed by atoms with Gasteiger partial charge in [-0.15, -0.1) is 0 Å². The molecule has 2 rings (SSSR count). The van der Waals surface area contributed by atoms with Crippen LogP contribution in [-0.4, -0.2) is 24.6 Å². The minimum absolute atomic E-state index is 0.375. The Morgan fingerprint density at radius 1 is 1.21 bits per heavy atom. The largest absolute Gasteiger partial charge is 0.467 e. The van der Waals surface area contributed by atoms with Crippen molar-refractivity contribution in [1.82, 2.24) is 4.98 Å². The van der Waals surface area contributed by atoms with E-state index in [4.69, 9.17) is 10.5 Å². The molecule has 0 unspecified atom stereocenters. The number of nitrogens with two attached hydrogens (primary N) is 1. The number of alkyl halides is 3. The maximum Gasteiger partial charge on any atom is 0.411 e. The van der Waals surface area contributed by atoms with Crippen molar-refractivity contribution in [2.24, 2.45) is 0 Å². The van der Waals surface area contributed by atoms with Crippen molar-refractivity contribution in [3.05, 3.63) is 30.5 Å². The minimum atomic E-state index is -4.37. The lowest BCUT2D eigenvalue weighted by molar-refractivity contribution is -0.186. The Kier molecular flexibility index (Phi) is 3.75. The van der Waals surface area contributed by atoms with E-state index < -0.39 is 19.6 Å². The molecule has 4 nitrogen and oxygen atoms in total. The summed E-state index contributed by atoms with van der Waals surface area (Å²) in [5, 5.41) is 0.623. The predicted molar refractivity (Wildman–Crippen MR) is 63.7 cm³/mol. The van der Waals surface area contributed by atoms with E-state index in [1.807, 2.05) is 0 Å². The topological polar surface area (TPSA) is 57.4 Å². The van der Waals surface area contributed by atoms with Crippen molar-refractivity contribution in [3.8, 4) is 5.75 Å². The van der Waals surface area contributed by atoms with Crippen LogP contribution in [0.4, 0.5) is 18.9 Å². The Hall–Kier alpha value is -2.02. The highest BCUT2D eigenvalue weighted by Crippen LogP contribution is 2.28. The second-order valence-electron chi connectivity index (χ2n) is 3.78. The highest BCUT2D eigenvalue weighted by Gasteiger charge is 2.27. The van der Waals surface area contributed by atoms with Gasteiger partial charge in [0.2, 0.25) is 0 Å². The van der Waals surface area contributed by atoms with Crippen LogP contribution in [0.15, 0.2) is 30.5 Å². The molecule has 1 aromatic carbocycles. The van der Waals surface area contributed by atoms with Crippen molar-refractivity contribution < 1.29 is 22.6 Å². The van der Waals surface area contributed by atoms with Gasteiger partial charge in [-0.2, -0.15) is 13.2 Å². The van der Waals surface area contributed by atoms with E-state index >= 15 is 0 Å². The SMILES string of the molecule is Nc1ccc(OCOCC(F)(F)F)c2cccnc12. The number of nitrogens with zero attached hydrogens (tertiary/aromatic N) is 1. The molecule has 0 aliphatic rings. The first-order valence-electron chi connectivity index (χ1n) is 5.38. The molecular formula is C12H11F3N2O2. The van der Waals surface area contributed by atoms with E-state index in [9.17, 15) is 13.2 Å². The first kappa shape index (κ1) is 13.4. The van der Waals surface area contributed by atoms with Gasteiger partial charge in [0, 0.05) is 11.6 Å². The Balaban J connectivity index is 2.07. The molecule has 0 saturated carbocycles. The molecule has 0 saturated heterocycles. The summed E-state index contributed by atoms with van der Waals surface area (Å²) in [6.07, 6.45) is -2.79. The Morgan fingerprint density at radius 2 is 2.00 bits per heavy atom. The van der Waals surface area contributed by atoms with Gasteiger partial charge >= 0.3 is 6.18 Å². The molecule has 0 spiro atoms. The minimum Gasteiger partial charge on any atom is -0.467 e. The highest BCUT2D eigenvalue weighted by atomic mass is 19.4. The van der Waals surface area contributed by atoms with E-state index in [0.717, 1.165) is 0 Å². The zero-order valence-electron chi connectivity index (χ0n) is 9.78. The fourth-order valence-corrected chi connectivity index (χ4v) is 1.56. The summed E-state index contributed by atoms with van der Waals surface area (Å²) in [6.45, 7) is -1.84. The number of benzene rings is 1. The van der Waals surface area contributed by atoms with Crippen LogP contribution in [0, 0.1) is 0 Å². The third-order valence-electron chi connectivity index (χ3n) is 2.32. The summed E-state index contributed by atoms with van der Waals surface area (Å²) in [7, 11) is 0. The summed E-state index contributed by atoms with van der Waals surface area (Å²) < 4.78 is 45.2. The lowest BCUT2D eigenvalue weighted by Gasteiger charge is -2.11. The summed E-state index contributed by atoms with van der Waals surface area (Å²) in [6, 6.07) is 6.55. The molecule has 0 amide bonds. The number of halogens is 3. The molecule has 0 atom stereocenters. The van der Waals surface area contributed by atoms with Gasteiger partial charge in [0.25, 0.3) is 0 Å². The number of aromatic nitrogens is 1. The number of hydrogen-bond acceptors (Lipinski definition) is 4. The summed E-state index contributed by atoms with van der Waals surface area (Å²) in [5.74, 6) is 0.375. The molecular weight excluding hydrogens is 261 g/mol. The van der Waals surface area contributed by atoms with Crippen molar-refractivity contribution >= 4 is 16.6 Å². The van der Waals surface area contributed by atoms with Crippen molar-refractivity contribution in [3.63, 3.8) is 0 Å². The first-order valence-corrected chi connectivity index (χ1v) is 5.38. The van der Waals surface area contributed by atoms with Gasteiger partial charge in [-0.25, -0.2) is 0 Å². The second-order valence-corrected chi connectivity index (χ2v) is 3.78. The molecule has 19 heavy (non-hydrogen) atoms. The van der Waals surface area contributed by atoms with Gasteiger partial charge in [-0.1, -0.05) is 0 Å². The number of nitrogen functional groups attached to an aromatic ring is 1. The zero-order valence-corrected chi connectivity index (χ0v) is 9.78. The van der Waals surface area contributed by atoms with Gasteiger partial charge in [0.15, 0.2) is 6.79 Å². The molecule has 1 aromatic heterocycles. The van der Waals surface area contributed by atoms with E-state index in [-0.39, 0.29) is 0 Å². The van der Waals surface area contributed by atoms with Crippen LogP contribution in [0.25, 0.3) is 10.9 Å². The van der Waals surface area contributed by atoms with Crippen LogP contribution < -0.4 is 10.5 Å². The third kappa shape index (κ3) is 3.47. The summed E-state index contributed by atoms with van der Waals surface area (Å²) in [5.41, 5.74) is 6.75. The van der Waals surface area contributed by atoms with Crippen LogP contribution >= 0.6 is 0 Å². The Labute approximate surface area is 106 Å². The van der Waals surface area contributed by atoms with Crippen molar-refractivity contribution in [2.45, 2.75) is 6.18 Å². The average molecular weight is 272 g/mol. The predicted octanol–water partition coefficient (Wildman–Crippen LogP) is 2.73. The number of fused-ring (bicyclic) bond motifs is 1. The fraction of sp³-hybridized carbons (Fsp3) is 0.250. The molecule has 0 radical (unpaired) electrons. The fourth-order valence-electron chi connectivity index (χ4n) is 1.56. The lowest BCUT2D eigenvalue weighted by atomic mass is 10.2. The smallest absolute Gasteiger partial charge is 0.411 e. The summed E-state index contributed by atoms with van der Waals surface area (Å²) in [4.78, 5) is 4.08. The maximum absolute atomic E-state index is 11.9. The van der Waals surface area contributed by atoms with Gasteiger partial charge in [-0.05, 0) is 24.3 Å². The molecule has 102 valence electrons. The molecule has 0 aliphatic heterocycles. The Bertz CT molecular complexity index is 572. The van der Waals surface area contributed by atoms with E-state index in [1.165, 1.54) is 0 Å². The Morgan fingerprint density at radius 3 is 2.74 bits per heavy atom. The van der Waals surface area contributed by atoms with E-state index in [0.29, 0.717) is 22.3 Å². The normalized spacial score (nSPS) is 11.7. The monoisotopic (exact) mass is 272 g/mol. The molecule has 7 heteroatoms. The van der Waals surface area contributed by atoms with E-state index in [1.54, 1.807) is 30.5 Å². The van der Waals surface area contributed by atoms with Crippen LogP contribution in [0.1, 0.15) is 0 Å². The number of anilines is 1. The summed E-state index contributed by atoms with van der Waals surface area (Å²) >= 11 is 0. The van der Waals surface area contributed by atoms with Crippen LogP contribution in [0.3, 0.4) is 0 Å². The van der Waals surface area contributed by atoms with Gasteiger partial charge in [-0.3, -0.25) is 4.98 Å². The van der Waals surface area contributed by atoms with Gasteiger partial charge in [0.1, 0.15) is 12.4 Å². The van der Waals surface area contributed by atoms with Crippen molar-refractivity contribution in [2.75, 3.05) is 19.1 Å². The van der Waals surface area contributed by atoms with Crippen LogP contribution in [0.5, 0.6) is 5.75 Å². The molecule has 2 aromatic rings. The van der Waals surface area contributed by atoms with E-state index in [2.05, 4.69) is 9.72 Å². The zero-order chi connectivity index (χ0) is 13.9. The van der Waals surface area contributed by atoms with Crippen LogP contribution in [0.2, 0.25) is 0 Å². The molecule has 1 heterocycles. The first-order chi connectivity index (χ1) is 8.97.